The second-order valence-electron chi connectivity index (χ2n) is 13.2. The molecular weight excluding hydrogens is 480 g/mol. The highest BCUT2D eigenvalue weighted by molar-refractivity contribution is 5.98. The van der Waals surface area contributed by atoms with Gasteiger partial charge in [-0.25, -0.2) is 4.79 Å². The zero-order chi connectivity index (χ0) is 27.8. The summed E-state index contributed by atoms with van der Waals surface area (Å²) in [7, 11) is 0. The van der Waals surface area contributed by atoms with Crippen molar-refractivity contribution < 1.29 is 28.7 Å². The fourth-order valence-electron chi connectivity index (χ4n) is 9.23. The molecule has 0 bridgehead atoms. The van der Waals surface area contributed by atoms with E-state index in [4.69, 9.17) is 9.47 Å². The minimum Gasteiger partial charge on any atom is -0.454 e. The highest BCUT2D eigenvalue weighted by Crippen LogP contribution is 2.73. The van der Waals surface area contributed by atoms with E-state index in [2.05, 4.69) is 40.7 Å². The number of hydrogen-bond donors (Lipinski definition) is 0. The lowest BCUT2D eigenvalue weighted by atomic mass is 9.37. The molecule has 0 aromatic rings. The van der Waals surface area contributed by atoms with Crippen molar-refractivity contribution in [2.24, 2.45) is 39.9 Å². The number of esters is 2. The predicted octanol–water partition coefficient (Wildman–Crippen LogP) is 5.70. The summed E-state index contributed by atoms with van der Waals surface area (Å²) in [6.45, 7) is 14.1. The maximum absolute atomic E-state index is 14.7. The van der Waals surface area contributed by atoms with Crippen LogP contribution in [0, 0.1) is 39.9 Å². The van der Waals surface area contributed by atoms with Crippen molar-refractivity contribution in [3.8, 4) is 0 Å². The SMILES string of the molecule is CCC(=O)OC1C(=O)C2(C)C(CCC3C4=C(CCC=C(C)C)C(=O)OC4CC32C)C2(C)C=CC(=O)C(C)C12. The van der Waals surface area contributed by atoms with E-state index in [1.54, 1.807) is 13.0 Å². The van der Waals surface area contributed by atoms with Crippen molar-refractivity contribution in [1.29, 1.82) is 0 Å². The molecule has 0 aromatic heterocycles. The van der Waals surface area contributed by atoms with Crippen LogP contribution < -0.4 is 0 Å². The average molecular weight is 523 g/mol. The van der Waals surface area contributed by atoms with Gasteiger partial charge in [-0.15, -0.1) is 0 Å². The third-order valence-electron chi connectivity index (χ3n) is 11.2. The van der Waals surface area contributed by atoms with E-state index in [1.165, 1.54) is 5.57 Å². The molecule has 0 spiro atoms. The lowest BCUT2D eigenvalue weighted by Gasteiger charge is -2.66. The zero-order valence-corrected chi connectivity index (χ0v) is 23.9. The molecule has 0 radical (unpaired) electrons. The summed E-state index contributed by atoms with van der Waals surface area (Å²) in [6, 6.07) is 0. The van der Waals surface area contributed by atoms with Crippen LogP contribution in [-0.4, -0.2) is 35.7 Å². The van der Waals surface area contributed by atoms with E-state index >= 15 is 0 Å². The molecule has 1 aliphatic heterocycles. The fourth-order valence-corrected chi connectivity index (χ4v) is 9.23. The third-order valence-corrected chi connectivity index (χ3v) is 11.2. The predicted molar refractivity (Wildman–Crippen MR) is 143 cm³/mol. The van der Waals surface area contributed by atoms with Crippen molar-refractivity contribution in [2.45, 2.75) is 99.2 Å². The first-order valence-electron chi connectivity index (χ1n) is 14.3. The van der Waals surface area contributed by atoms with Crippen LogP contribution >= 0.6 is 0 Å². The number of carbonyl (C=O) groups excluding carboxylic acids is 4. The van der Waals surface area contributed by atoms with Crippen LogP contribution in [0.15, 0.2) is 34.9 Å². The van der Waals surface area contributed by atoms with Gasteiger partial charge in [-0.3, -0.25) is 14.4 Å². The summed E-state index contributed by atoms with van der Waals surface area (Å²) in [6.07, 6.45) is 8.45. The molecule has 0 aromatic carbocycles. The number of rotatable bonds is 5. The molecular formula is C32H42O6. The molecule has 1 heterocycles. The van der Waals surface area contributed by atoms with Gasteiger partial charge < -0.3 is 9.47 Å². The van der Waals surface area contributed by atoms with Gasteiger partial charge in [0.05, 0.1) is 0 Å². The molecule has 0 saturated heterocycles. The first kappa shape index (κ1) is 27.1. The number of ketones is 2. The third kappa shape index (κ3) is 3.50. The molecule has 3 saturated carbocycles. The van der Waals surface area contributed by atoms with Crippen LogP contribution in [0.25, 0.3) is 0 Å². The largest absolute Gasteiger partial charge is 0.454 e. The van der Waals surface area contributed by atoms with Gasteiger partial charge in [0.25, 0.3) is 0 Å². The number of allylic oxidation sites excluding steroid dienone is 4. The molecule has 4 aliphatic carbocycles. The molecule has 3 fully saturated rings. The Kier molecular flexibility index (Phi) is 6.43. The maximum atomic E-state index is 14.7. The van der Waals surface area contributed by atoms with Crippen LogP contribution in [0.1, 0.15) is 87.0 Å². The molecule has 5 rings (SSSR count). The van der Waals surface area contributed by atoms with Crippen molar-refractivity contribution in [2.75, 3.05) is 0 Å². The summed E-state index contributed by atoms with van der Waals surface area (Å²) in [5, 5.41) is 0. The van der Waals surface area contributed by atoms with Gasteiger partial charge in [0.1, 0.15) is 6.10 Å². The van der Waals surface area contributed by atoms with Crippen LogP contribution in [-0.2, 0) is 28.7 Å². The minimum absolute atomic E-state index is 0.0126. The van der Waals surface area contributed by atoms with Crippen LogP contribution in [0.5, 0.6) is 0 Å². The van der Waals surface area contributed by atoms with E-state index in [1.807, 2.05) is 13.0 Å². The Hall–Kier alpha value is -2.50. The van der Waals surface area contributed by atoms with Crippen molar-refractivity contribution >= 4 is 23.5 Å². The number of Topliss-reactive ketones (excluding diaryl/α,β-unsaturated/α-hetero) is 1. The summed E-state index contributed by atoms with van der Waals surface area (Å²) < 4.78 is 11.9. The van der Waals surface area contributed by atoms with Crippen molar-refractivity contribution in [1.82, 2.24) is 0 Å². The van der Waals surface area contributed by atoms with E-state index in [0.717, 1.165) is 30.4 Å². The molecule has 6 nitrogen and oxygen atoms in total. The molecule has 206 valence electrons. The number of hydrogen-bond acceptors (Lipinski definition) is 6. The highest BCUT2D eigenvalue weighted by atomic mass is 16.6. The molecule has 9 unspecified atom stereocenters. The van der Waals surface area contributed by atoms with Crippen LogP contribution in [0.3, 0.4) is 0 Å². The van der Waals surface area contributed by atoms with Gasteiger partial charge in [-0.2, -0.15) is 0 Å². The molecule has 38 heavy (non-hydrogen) atoms. The van der Waals surface area contributed by atoms with Gasteiger partial charge in [0, 0.05) is 29.2 Å². The standard InChI is InChI=1S/C32H42O6/c1-8-24(34)38-27-26-18(4)21(33)14-15-30(26,5)23-13-12-20-25-19(11-9-10-17(2)3)29(36)37-22(25)16-31(20,6)32(23,7)28(27)35/h10,14-15,18,20,22-23,26-27H,8-9,11-13,16H2,1-7H3. The Morgan fingerprint density at radius 3 is 2.53 bits per heavy atom. The smallest absolute Gasteiger partial charge is 0.334 e. The number of fused-ring (bicyclic) bond motifs is 7. The molecule has 0 N–H and O–H groups in total. The quantitative estimate of drug-likeness (QED) is 0.340. The second kappa shape index (κ2) is 9.02. The average Bonchev–Trinajstić information content (AvgIpc) is 3.31. The van der Waals surface area contributed by atoms with Crippen LogP contribution in [0.4, 0.5) is 0 Å². The van der Waals surface area contributed by atoms with E-state index in [9.17, 15) is 19.2 Å². The van der Waals surface area contributed by atoms with Crippen molar-refractivity contribution in [3.63, 3.8) is 0 Å². The van der Waals surface area contributed by atoms with E-state index < -0.39 is 34.2 Å². The Morgan fingerprint density at radius 2 is 1.87 bits per heavy atom. The summed E-state index contributed by atoms with van der Waals surface area (Å²) in [4.78, 5) is 53.0. The molecule has 0 amide bonds. The maximum Gasteiger partial charge on any atom is 0.334 e. The van der Waals surface area contributed by atoms with E-state index in [0.29, 0.717) is 12.8 Å². The van der Waals surface area contributed by atoms with Crippen LogP contribution in [0.2, 0.25) is 0 Å². The highest BCUT2D eigenvalue weighted by Gasteiger charge is 2.74. The Balaban J connectivity index is 1.62. The topological polar surface area (TPSA) is 86.7 Å². The van der Waals surface area contributed by atoms with E-state index in [-0.39, 0.29) is 47.8 Å². The number of carbonyl (C=O) groups is 4. The normalized spacial score (nSPS) is 43.2. The Bertz CT molecular complexity index is 1190. The Morgan fingerprint density at radius 1 is 1.16 bits per heavy atom. The van der Waals surface area contributed by atoms with Gasteiger partial charge >= 0.3 is 11.9 Å². The van der Waals surface area contributed by atoms with Crippen molar-refractivity contribution in [3.05, 3.63) is 34.9 Å². The Labute approximate surface area is 226 Å². The van der Waals surface area contributed by atoms with Gasteiger partial charge in [0.15, 0.2) is 17.7 Å². The summed E-state index contributed by atoms with van der Waals surface area (Å²) >= 11 is 0. The monoisotopic (exact) mass is 522 g/mol. The number of ether oxygens (including phenoxy) is 2. The summed E-state index contributed by atoms with van der Waals surface area (Å²) in [5.74, 6) is -1.46. The molecule has 5 aliphatic rings. The fraction of sp³-hybridized carbons (Fsp3) is 0.688. The second-order valence-corrected chi connectivity index (χ2v) is 13.2. The molecule has 6 heteroatoms. The van der Waals surface area contributed by atoms with Gasteiger partial charge in [-0.05, 0) is 80.3 Å². The molecule has 9 atom stereocenters. The lowest BCUT2D eigenvalue weighted by Crippen LogP contribution is -2.69. The van der Waals surface area contributed by atoms with Gasteiger partial charge in [-0.1, -0.05) is 52.3 Å². The lowest BCUT2D eigenvalue weighted by molar-refractivity contribution is -0.208. The zero-order valence-electron chi connectivity index (χ0n) is 23.9. The first-order chi connectivity index (χ1) is 17.8. The first-order valence-corrected chi connectivity index (χ1v) is 14.3. The van der Waals surface area contributed by atoms with Gasteiger partial charge in [0.2, 0.25) is 0 Å². The minimum atomic E-state index is -0.970. The summed E-state index contributed by atoms with van der Waals surface area (Å²) in [5.41, 5.74) is 1.38.